The molecule has 2 aliphatic heterocycles. The molecule has 0 bridgehead atoms. The highest BCUT2D eigenvalue weighted by molar-refractivity contribution is 6.54. The first kappa shape index (κ1) is 50.2. The summed E-state index contributed by atoms with van der Waals surface area (Å²) in [5, 5.41) is 38.3. The minimum Gasteiger partial charge on any atom is -0.506 e. The van der Waals surface area contributed by atoms with Crippen LogP contribution >= 0.6 is 0 Å². The standard InChI is InChI=1S/C51H54N8O11/c1-27(46(65)52-25-37(60)48(67)68)56-54-19-21-58-35-17-15-29-11-7-9-13-31(29)41(35)50(3,4)39(58)23-33-43(62)34(45(64)44(33)63)24-40-51(5,6)42-32-14-10-8-12-30(32)16-18-36(42)59(40)22-20-55-57-28(2)47(66)53-26-38(61)49(69)70/h7-18,23-24,27-28H,19-22,25-26H2,1-6H3,(H8,52,53,54,55,56,57,62,63,64,65,66,67,68,69,70)/p+1/b39-23+/t27-,28-/m0/s1. The number of hydrazine groups is 2. The van der Waals surface area contributed by atoms with E-state index in [2.05, 4.69) is 32.3 Å². The smallest absolute Gasteiger partial charge is 0.374 e. The number of carbonyl (C=O) groups excluding carboxylic acids is 6. The molecule has 1 aliphatic carbocycles. The molecule has 19 nitrogen and oxygen atoms in total. The molecule has 4 aromatic carbocycles. The first-order valence-electron chi connectivity index (χ1n) is 22.6. The van der Waals surface area contributed by atoms with Gasteiger partial charge in [0.1, 0.15) is 5.76 Å². The third kappa shape index (κ3) is 9.64. The zero-order valence-corrected chi connectivity index (χ0v) is 39.5. The Balaban J connectivity index is 1.21. The summed E-state index contributed by atoms with van der Waals surface area (Å²) in [6, 6.07) is 22.0. The van der Waals surface area contributed by atoms with Crippen molar-refractivity contribution in [2.45, 2.75) is 64.5 Å². The van der Waals surface area contributed by atoms with Crippen molar-refractivity contribution in [3.8, 4) is 0 Å². The molecule has 70 heavy (non-hydrogen) atoms. The highest BCUT2D eigenvalue weighted by Crippen LogP contribution is 2.51. The van der Waals surface area contributed by atoms with Crippen LogP contribution in [-0.4, -0.2) is 124 Å². The Morgan fingerprint density at radius 3 is 1.77 bits per heavy atom. The van der Waals surface area contributed by atoms with Gasteiger partial charge in [-0.25, -0.2) is 20.4 Å². The number of aliphatic hydroxyl groups excluding tert-OH is 1. The maximum absolute atomic E-state index is 14.2. The summed E-state index contributed by atoms with van der Waals surface area (Å²) in [6.07, 6.45) is 3.15. The Morgan fingerprint density at radius 2 is 1.20 bits per heavy atom. The SMILES string of the molecule is C[C@H](NNCCN1/C(=C/C2=C(O)C(=C/C3=[N+](CCNN[C@@H](C)C(=O)NCC(=O)C(=O)O)c4ccc5ccccc5c4C3(C)C)/C(=O)C2=O)C(C)(C)c2c1ccc1ccccc21)C(=O)NCC(=O)C(=O)O. The molecule has 0 radical (unpaired) electrons. The molecular weight excluding hydrogens is 901 g/mol. The number of hydrogen-bond acceptors (Lipinski definition) is 14. The summed E-state index contributed by atoms with van der Waals surface area (Å²) >= 11 is 0. The lowest BCUT2D eigenvalue weighted by Gasteiger charge is -2.28. The van der Waals surface area contributed by atoms with E-state index < -0.39 is 88.6 Å². The highest BCUT2D eigenvalue weighted by Gasteiger charge is 2.48. The van der Waals surface area contributed by atoms with E-state index in [-0.39, 0.29) is 37.3 Å². The molecule has 3 aliphatic rings. The van der Waals surface area contributed by atoms with Gasteiger partial charge in [0.2, 0.25) is 29.1 Å². The second kappa shape index (κ2) is 20.1. The topological polar surface area (TPSA) is 276 Å². The molecular formula is C51H55N8O11+. The van der Waals surface area contributed by atoms with E-state index >= 15 is 0 Å². The molecule has 0 spiro atoms. The van der Waals surface area contributed by atoms with E-state index in [9.17, 15) is 43.5 Å². The summed E-state index contributed by atoms with van der Waals surface area (Å²) in [5.41, 5.74) is 14.7. The Kier molecular flexibility index (Phi) is 14.4. The third-order valence-electron chi connectivity index (χ3n) is 12.9. The Bertz CT molecular complexity index is 3040. The lowest BCUT2D eigenvalue weighted by atomic mass is 9.78. The number of anilines is 1. The van der Waals surface area contributed by atoms with E-state index in [4.69, 9.17) is 10.2 Å². The number of aliphatic carboxylic acids is 2. The first-order valence-corrected chi connectivity index (χ1v) is 22.6. The van der Waals surface area contributed by atoms with Crippen LogP contribution < -0.4 is 37.2 Å². The molecule has 0 unspecified atom stereocenters. The van der Waals surface area contributed by atoms with E-state index in [0.717, 1.165) is 44.0 Å². The first-order chi connectivity index (χ1) is 33.2. The average molecular weight is 956 g/mol. The number of benzene rings is 4. The number of allylic oxidation sites excluding steroid dienone is 5. The minimum absolute atomic E-state index is 0.178. The molecule has 0 saturated heterocycles. The molecule has 4 aromatic rings. The van der Waals surface area contributed by atoms with Crippen LogP contribution in [0.5, 0.6) is 0 Å². The summed E-state index contributed by atoms with van der Waals surface area (Å²) in [5.74, 6) is -9.08. The van der Waals surface area contributed by atoms with Gasteiger partial charge in [-0.05, 0) is 73.0 Å². The molecule has 2 heterocycles. The second-order valence-electron chi connectivity index (χ2n) is 18.3. The van der Waals surface area contributed by atoms with Crippen molar-refractivity contribution >= 4 is 85.5 Å². The predicted octanol–water partition coefficient (Wildman–Crippen LogP) is 2.45. The van der Waals surface area contributed by atoms with Crippen molar-refractivity contribution in [1.82, 2.24) is 32.3 Å². The molecule has 19 heteroatoms. The van der Waals surface area contributed by atoms with E-state index in [1.165, 1.54) is 13.8 Å². The largest absolute Gasteiger partial charge is 0.506 e. The molecule has 0 aromatic heterocycles. The molecule has 0 fully saturated rings. The Labute approximate surface area is 402 Å². The van der Waals surface area contributed by atoms with Gasteiger partial charge in [0.05, 0.1) is 48.3 Å². The van der Waals surface area contributed by atoms with Crippen molar-refractivity contribution < 1.29 is 58.3 Å². The highest BCUT2D eigenvalue weighted by atomic mass is 16.4. The quantitative estimate of drug-likeness (QED) is 0.0202. The van der Waals surface area contributed by atoms with E-state index in [1.54, 1.807) is 12.2 Å². The fraction of sp³-hybridized carbons (Fsp3) is 0.314. The molecule has 9 N–H and O–H groups in total. The number of carboxylic acids is 2. The molecule has 364 valence electrons. The summed E-state index contributed by atoms with van der Waals surface area (Å²) < 4.78 is 1.99. The summed E-state index contributed by atoms with van der Waals surface area (Å²) in [7, 11) is 0. The van der Waals surface area contributed by atoms with Crippen molar-refractivity contribution in [1.29, 1.82) is 0 Å². The number of nitrogens with one attached hydrogen (secondary N) is 6. The van der Waals surface area contributed by atoms with Crippen molar-refractivity contribution in [3.05, 3.63) is 119 Å². The van der Waals surface area contributed by atoms with Crippen LogP contribution in [0.1, 0.15) is 52.7 Å². The predicted molar refractivity (Wildman–Crippen MR) is 259 cm³/mol. The van der Waals surface area contributed by atoms with Crippen molar-refractivity contribution in [2.75, 3.05) is 44.2 Å². The number of Topliss-reactive ketones (excluding diaryl/α,β-unsaturated/α-hetero) is 4. The van der Waals surface area contributed by atoms with Crippen LogP contribution in [0, 0.1) is 0 Å². The molecule has 0 saturated carbocycles. The molecule has 2 amide bonds. The van der Waals surface area contributed by atoms with Gasteiger partial charge in [-0.3, -0.25) is 39.6 Å². The van der Waals surface area contributed by atoms with Crippen LogP contribution in [0.25, 0.3) is 21.5 Å². The monoisotopic (exact) mass is 955 g/mol. The molecule has 2 atom stereocenters. The lowest BCUT2D eigenvalue weighted by molar-refractivity contribution is -0.435. The van der Waals surface area contributed by atoms with Crippen molar-refractivity contribution in [2.24, 2.45) is 0 Å². The maximum atomic E-state index is 14.2. The number of rotatable bonds is 20. The fourth-order valence-electron chi connectivity index (χ4n) is 9.33. The third-order valence-corrected chi connectivity index (χ3v) is 12.9. The van der Waals surface area contributed by atoms with Gasteiger partial charge in [0.25, 0.3) is 11.6 Å². The number of carboxylic acid groups (broad SMARTS) is 2. The van der Waals surface area contributed by atoms with Gasteiger partial charge in [-0.15, -0.1) is 0 Å². The van der Waals surface area contributed by atoms with Gasteiger partial charge < -0.3 is 30.9 Å². The van der Waals surface area contributed by atoms with Crippen molar-refractivity contribution in [3.63, 3.8) is 0 Å². The zero-order valence-electron chi connectivity index (χ0n) is 39.5. The average Bonchev–Trinajstić information content (AvgIpc) is 3.78. The minimum atomic E-state index is -1.65. The van der Waals surface area contributed by atoms with Crippen LogP contribution in [0.3, 0.4) is 0 Å². The van der Waals surface area contributed by atoms with Gasteiger partial charge in [-0.1, -0.05) is 68.4 Å². The number of nitrogens with zero attached hydrogens (tertiary/aromatic N) is 2. The number of ketones is 4. The fourth-order valence-corrected chi connectivity index (χ4v) is 9.33. The number of aliphatic hydroxyl groups is 1. The van der Waals surface area contributed by atoms with E-state index in [0.29, 0.717) is 11.4 Å². The number of amides is 2. The second-order valence-corrected chi connectivity index (χ2v) is 18.3. The van der Waals surface area contributed by atoms with Crippen LogP contribution in [0.2, 0.25) is 0 Å². The lowest BCUT2D eigenvalue weighted by Crippen LogP contribution is -2.51. The normalized spacial score (nSPS) is 17.9. The van der Waals surface area contributed by atoms with E-state index in [1.807, 2.05) is 110 Å². The summed E-state index contributed by atoms with van der Waals surface area (Å²) in [6.45, 7) is 10.8. The Morgan fingerprint density at radius 1 is 0.671 bits per heavy atom. The number of carbonyl (C=O) groups is 8. The number of hydrogen-bond donors (Lipinski definition) is 9. The summed E-state index contributed by atoms with van der Waals surface area (Å²) in [4.78, 5) is 100. The van der Waals surface area contributed by atoms with Gasteiger partial charge in [0, 0.05) is 47.6 Å². The maximum Gasteiger partial charge on any atom is 0.374 e. The Hall–Kier alpha value is -7.71. The van der Waals surface area contributed by atoms with Gasteiger partial charge in [0.15, 0.2) is 12.3 Å². The molecule has 7 rings (SSSR count). The van der Waals surface area contributed by atoms with Crippen LogP contribution in [0.4, 0.5) is 11.4 Å². The number of fused-ring (bicyclic) bond motifs is 6. The van der Waals surface area contributed by atoms with Crippen LogP contribution in [-0.2, 0) is 49.2 Å². The van der Waals surface area contributed by atoms with Gasteiger partial charge in [-0.2, -0.15) is 4.58 Å². The van der Waals surface area contributed by atoms with Gasteiger partial charge >= 0.3 is 11.9 Å². The van der Waals surface area contributed by atoms with Crippen LogP contribution in [0.15, 0.2) is 108 Å². The zero-order chi connectivity index (χ0) is 50.8.